The van der Waals surface area contributed by atoms with Crippen LogP contribution in [0.4, 0.5) is 10.5 Å². The lowest BCUT2D eigenvalue weighted by Crippen LogP contribution is -2.70. The van der Waals surface area contributed by atoms with Crippen LogP contribution in [0.2, 0.25) is 0 Å². The van der Waals surface area contributed by atoms with E-state index in [0.717, 1.165) is 5.69 Å². The number of anilines is 1. The molecule has 0 atom stereocenters. The molecule has 1 fully saturated rings. The molecule has 108 valence electrons. The van der Waals surface area contributed by atoms with Gasteiger partial charge in [0.1, 0.15) is 5.60 Å². The highest BCUT2D eigenvalue weighted by Gasteiger charge is 2.50. The Morgan fingerprint density at radius 1 is 1.50 bits per heavy atom. The van der Waals surface area contributed by atoms with Gasteiger partial charge in [-0.15, -0.1) is 0 Å². The third-order valence-corrected chi connectivity index (χ3v) is 3.30. The van der Waals surface area contributed by atoms with Crippen LogP contribution >= 0.6 is 0 Å². The van der Waals surface area contributed by atoms with Gasteiger partial charge in [-0.25, -0.2) is 9.78 Å². The highest BCUT2D eigenvalue weighted by molar-refractivity contribution is 5.70. The van der Waals surface area contributed by atoms with Crippen LogP contribution in [-0.2, 0) is 4.74 Å². The number of carbonyl (C=O) groups excluding carboxylic acids is 1. The molecule has 1 aromatic heterocycles. The van der Waals surface area contributed by atoms with Crippen molar-refractivity contribution in [3.05, 3.63) is 18.3 Å². The van der Waals surface area contributed by atoms with Gasteiger partial charge in [-0.3, -0.25) is 4.90 Å². The average Bonchev–Trinajstić information content (AvgIpc) is 2.33. The van der Waals surface area contributed by atoms with Crippen molar-refractivity contribution < 1.29 is 14.3 Å². The van der Waals surface area contributed by atoms with Gasteiger partial charge in [0.25, 0.3) is 0 Å². The van der Waals surface area contributed by atoms with Gasteiger partial charge in [0.15, 0.2) is 5.60 Å². The van der Waals surface area contributed by atoms with Crippen LogP contribution in [0.15, 0.2) is 18.3 Å². The Balaban J connectivity index is 1.62. The molecule has 0 aliphatic carbocycles. The summed E-state index contributed by atoms with van der Waals surface area (Å²) in [6, 6.07) is 3.79. The minimum atomic E-state index is -0.473. The van der Waals surface area contributed by atoms with Crippen molar-refractivity contribution in [2.24, 2.45) is 0 Å². The van der Waals surface area contributed by atoms with E-state index < -0.39 is 5.60 Å². The standard InChI is InChI=1S/C14H19N3O3/c1-13(2,3)20-12(18)17-8-14(9-17)7-16-10-5-4-6-15-11(10)19-14/h4-6,16H,7-9H2,1-3H3. The number of amides is 1. The van der Waals surface area contributed by atoms with E-state index in [0.29, 0.717) is 25.5 Å². The molecule has 20 heavy (non-hydrogen) atoms. The first-order valence-electron chi connectivity index (χ1n) is 6.73. The zero-order valence-corrected chi connectivity index (χ0v) is 12.0. The predicted octanol–water partition coefficient (Wildman–Crippen LogP) is 1.88. The van der Waals surface area contributed by atoms with E-state index in [4.69, 9.17) is 9.47 Å². The van der Waals surface area contributed by atoms with Crippen molar-refractivity contribution in [3.8, 4) is 5.88 Å². The number of rotatable bonds is 0. The fraction of sp³-hybridized carbons (Fsp3) is 0.571. The summed E-state index contributed by atoms with van der Waals surface area (Å²) in [7, 11) is 0. The van der Waals surface area contributed by atoms with E-state index in [9.17, 15) is 4.79 Å². The number of carbonyl (C=O) groups is 1. The lowest BCUT2D eigenvalue weighted by molar-refractivity contribution is -0.0787. The van der Waals surface area contributed by atoms with Crippen molar-refractivity contribution in [1.29, 1.82) is 0 Å². The quantitative estimate of drug-likeness (QED) is 0.784. The summed E-state index contributed by atoms with van der Waals surface area (Å²) in [5.74, 6) is 0.600. The Hall–Kier alpha value is -1.98. The number of nitrogens with zero attached hydrogens (tertiary/aromatic N) is 2. The van der Waals surface area contributed by atoms with Crippen molar-refractivity contribution in [2.45, 2.75) is 32.0 Å². The van der Waals surface area contributed by atoms with Gasteiger partial charge in [0.05, 0.1) is 25.3 Å². The number of ether oxygens (including phenoxy) is 2. The summed E-state index contributed by atoms with van der Waals surface area (Å²) >= 11 is 0. The van der Waals surface area contributed by atoms with Gasteiger partial charge in [0, 0.05) is 6.20 Å². The number of nitrogens with one attached hydrogen (secondary N) is 1. The topological polar surface area (TPSA) is 63.7 Å². The minimum absolute atomic E-state index is 0.293. The molecule has 2 aliphatic rings. The van der Waals surface area contributed by atoms with Gasteiger partial charge in [-0.1, -0.05) is 0 Å². The molecule has 0 saturated carbocycles. The molecule has 1 N–H and O–H groups in total. The van der Waals surface area contributed by atoms with E-state index in [1.165, 1.54) is 0 Å². The molecule has 0 bridgehead atoms. The molecule has 1 amide bonds. The molecule has 6 heteroatoms. The Morgan fingerprint density at radius 3 is 2.95 bits per heavy atom. The summed E-state index contributed by atoms with van der Waals surface area (Å²) in [6.07, 6.45) is 1.41. The molecule has 0 unspecified atom stereocenters. The third-order valence-electron chi connectivity index (χ3n) is 3.30. The van der Waals surface area contributed by atoms with Crippen molar-refractivity contribution in [1.82, 2.24) is 9.88 Å². The lowest BCUT2D eigenvalue weighted by Gasteiger charge is -2.50. The molecule has 0 aromatic carbocycles. The van der Waals surface area contributed by atoms with Crippen LogP contribution in [0.1, 0.15) is 20.8 Å². The Morgan fingerprint density at radius 2 is 2.25 bits per heavy atom. The van der Waals surface area contributed by atoms with Gasteiger partial charge >= 0.3 is 6.09 Å². The van der Waals surface area contributed by atoms with Gasteiger partial charge < -0.3 is 14.8 Å². The SMILES string of the molecule is CC(C)(C)OC(=O)N1CC2(CNc3cccnc3O2)C1. The number of hydrogen-bond donors (Lipinski definition) is 1. The van der Waals surface area contributed by atoms with Gasteiger partial charge in [-0.2, -0.15) is 0 Å². The molecule has 1 aromatic rings. The summed E-state index contributed by atoms with van der Waals surface area (Å²) in [6.45, 7) is 7.29. The smallest absolute Gasteiger partial charge is 0.410 e. The molecule has 1 saturated heterocycles. The maximum Gasteiger partial charge on any atom is 0.410 e. The highest BCUT2D eigenvalue weighted by atomic mass is 16.6. The van der Waals surface area contributed by atoms with Gasteiger partial charge in [0.2, 0.25) is 5.88 Å². The normalized spacial score (nSPS) is 19.4. The fourth-order valence-electron chi connectivity index (χ4n) is 2.39. The number of hydrogen-bond acceptors (Lipinski definition) is 5. The summed E-state index contributed by atoms with van der Waals surface area (Å²) in [4.78, 5) is 17.8. The molecule has 2 aliphatic heterocycles. The third kappa shape index (κ3) is 2.37. The molecule has 3 rings (SSSR count). The molecular weight excluding hydrogens is 258 g/mol. The number of pyridine rings is 1. The summed E-state index contributed by atoms with van der Waals surface area (Å²) in [5.41, 5.74) is 0.0478. The molecule has 3 heterocycles. The second-order valence-corrected chi connectivity index (χ2v) is 6.33. The monoisotopic (exact) mass is 277 g/mol. The first-order valence-corrected chi connectivity index (χ1v) is 6.73. The maximum atomic E-state index is 11.9. The first-order chi connectivity index (χ1) is 9.37. The predicted molar refractivity (Wildman–Crippen MR) is 73.9 cm³/mol. The van der Waals surface area contributed by atoms with Crippen LogP contribution in [-0.4, -0.2) is 46.8 Å². The Kier molecular flexibility index (Phi) is 2.77. The van der Waals surface area contributed by atoms with Gasteiger partial charge in [-0.05, 0) is 32.9 Å². The van der Waals surface area contributed by atoms with E-state index in [1.54, 1.807) is 11.1 Å². The van der Waals surface area contributed by atoms with E-state index in [1.807, 2.05) is 32.9 Å². The largest absolute Gasteiger partial charge is 0.464 e. The molecular formula is C14H19N3O3. The zero-order valence-electron chi connectivity index (χ0n) is 12.0. The van der Waals surface area contributed by atoms with E-state index in [-0.39, 0.29) is 11.7 Å². The summed E-state index contributed by atoms with van der Waals surface area (Å²) in [5, 5.41) is 3.30. The Bertz CT molecular complexity index is 533. The lowest BCUT2D eigenvalue weighted by atomic mass is 9.93. The van der Waals surface area contributed by atoms with Crippen molar-refractivity contribution in [3.63, 3.8) is 0 Å². The zero-order chi connectivity index (χ0) is 14.4. The molecule has 1 spiro atoms. The second-order valence-electron chi connectivity index (χ2n) is 6.33. The van der Waals surface area contributed by atoms with Crippen LogP contribution in [0.5, 0.6) is 5.88 Å². The average molecular weight is 277 g/mol. The van der Waals surface area contributed by atoms with Crippen LogP contribution in [0, 0.1) is 0 Å². The van der Waals surface area contributed by atoms with E-state index in [2.05, 4.69) is 10.3 Å². The number of aromatic nitrogens is 1. The van der Waals surface area contributed by atoms with Crippen LogP contribution in [0.25, 0.3) is 0 Å². The molecule has 6 nitrogen and oxygen atoms in total. The number of likely N-dealkylation sites (tertiary alicyclic amines) is 1. The number of fused-ring (bicyclic) bond motifs is 1. The fourth-order valence-corrected chi connectivity index (χ4v) is 2.39. The highest BCUT2D eigenvalue weighted by Crippen LogP contribution is 2.35. The van der Waals surface area contributed by atoms with Crippen LogP contribution in [0.3, 0.4) is 0 Å². The maximum absolute atomic E-state index is 11.9. The summed E-state index contributed by atoms with van der Waals surface area (Å²) < 4.78 is 11.3. The Labute approximate surface area is 118 Å². The van der Waals surface area contributed by atoms with Crippen molar-refractivity contribution in [2.75, 3.05) is 25.0 Å². The van der Waals surface area contributed by atoms with Crippen molar-refractivity contribution >= 4 is 11.8 Å². The van der Waals surface area contributed by atoms with Crippen LogP contribution < -0.4 is 10.1 Å². The molecule has 0 radical (unpaired) electrons. The first kappa shape index (κ1) is 13.0. The van der Waals surface area contributed by atoms with E-state index >= 15 is 0 Å². The second kappa shape index (κ2) is 4.26. The minimum Gasteiger partial charge on any atom is -0.464 e.